The molecule has 1 aromatic carbocycles. The normalized spacial score (nSPS) is 21.6. The number of likely N-dealkylation sites (N-methyl/N-ethyl adjacent to an activating group) is 1. The number of benzene rings is 1. The molecule has 0 bridgehead atoms. The van der Waals surface area contributed by atoms with Gasteiger partial charge in [-0.25, -0.2) is 8.42 Å². The van der Waals surface area contributed by atoms with Crippen molar-refractivity contribution in [2.45, 2.75) is 30.2 Å². The van der Waals surface area contributed by atoms with Crippen molar-refractivity contribution in [3.05, 3.63) is 29.3 Å². The molecule has 1 aliphatic rings. The number of amides is 1. The lowest BCUT2D eigenvalue weighted by Crippen LogP contribution is -2.44. The van der Waals surface area contributed by atoms with E-state index in [1.54, 1.807) is 0 Å². The molecule has 0 unspecified atom stereocenters. The molecule has 2 N–H and O–H groups in total. The number of nitrogens with one attached hydrogen (secondary N) is 1. The molecule has 0 saturated heterocycles. The third-order valence-corrected chi connectivity index (χ3v) is 6.20. The molecule has 6 nitrogen and oxygen atoms in total. The first kappa shape index (κ1) is 18.2. The molecule has 1 saturated carbocycles. The zero-order chi connectivity index (χ0) is 17.0. The molecule has 8 heteroatoms. The number of carbonyl (C=O) groups excluding carboxylic acids is 1. The monoisotopic (exact) mass is 360 g/mol. The number of nitrogens with zero attached hydrogens (tertiary/aromatic N) is 1. The fourth-order valence-electron chi connectivity index (χ4n) is 2.77. The third kappa shape index (κ3) is 4.44. The van der Waals surface area contributed by atoms with Crippen LogP contribution in [0.15, 0.2) is 29.2 Å². The molecular formula is C15H21ClN2O4S. The summed E-state index contributed by atoms with van der Waals surface area (Å²) in [6.07, 6.45) is 2.64. The van der Waals surface area contributed by atoms with Gasteiger partial charge in [0.05, 0.1) is 11.4 Å². The number of rotatable bonds is 6. The van der Waals surface area contributed by atoms with Crippen LogP contribution >= 0.6 is 11.6 Å². The molecule has 2 rings (SSSR count). The molecule has 23 heavy (non-hydrogen) atoms. The summed E-state index contributed by atoms with van der Waals surface area (Å²) >= 11 is 5.76. The van der Waals surface area contributed by atoms with Crippen LogP contribution in [0.2, 0.25) is 5.02 Å². The van der Waals surface area contributed by atoms with Crippen molar-refractivity contribution in [3.8, 4) is 0 Å². The van der Waals surface area contributed by atoms with Gasteiger partial charge in [0.2, 0.25) is 15.9 Å². The highest BCUT2D eigenvalue weighted by atomic mass is 35.5. The van der Waals surface area contributed by atoms with E-state index in [0.717, 1.165) is 23.6 Å². The molecule has 0 aromatic heterocycles. The second-order valence-corrected chi connectivity index (χ2v) is 8.24. The summed E-state index contributed by atoms with van der Waals surface area (Å²) in [6.45, 7) is -0.233. The fourth-order valence-corrected chi connectivity index (χ4v) is 4.02. The van der Waals surface area contributed by atoms with Gasteiger partial charge in [-0.05, 0) is 37.1 Å². The van der Waals surface area contributed by atoms with Crippen molar-refractivity contribution in [2.24, 2.45) is 5.92 Å². The number of aliphatic hydroxyl groups excluding tert-OH is 1. The van der Waals surface area contributed by atoms with Gasteiger partial charge in [-0.2, -0.15) is 4.31 Å². The topological polar surface area (TPSA) is 86.7 Å². The predicted molar refractivity (Wildman–Crippen MR) is 87.6 cm³/mol. The number of hydrogen-bond donors (Lipinski definition) is 2. The summed E-state index contributed by atoms with van der Waals surface area (Å²) in [4.78, 5) is 12.2. The zero-order valence-corrected chi connectivity index (χ0v) is 14.5. The molecule has 2 atom stereocenters. The summed E-state index contributed by atoms with van der Waals surface area (Å²) < 4.78 is 25.8. The standard InChI is InChI=1S/C15H21ClN2O4S/c1-18(23(21,22)13-7-5-12(16)6-8-13)9-15(20)17-14-4-2-3-11(14)10-19/h5-8,11,14,19H,2-4,9-10H2,1H3,(H,17,20)/t11-,14+/m1/s1. The smallest absolute Gasteiger partial charge is 0.243 e. The minimum atomic E-state index is -3.74. The van der Waals surface area contributed by atoms with Crippen molar-refractivity contribution in [2.75, 3.05) is 20.2 Å². The summed E-state index contributed by atoms with van der Waals surface area (Å²) in [5.74, 6) is -0.312. The van der Waals surface area contributed by atoms with Crippen molar-refractivity contribution in [1.29, 1.82) is 0 Å². The van der Waals surface area contributed by atoms with Gasteiger partial charge in [0.1, 0.15) is 0 Å². The van der Waals surface area contributed by atoms with Crippen LogP contribution in [-0.4, -0.2) is 50.0 Å². The van der Waals surface area contributed by atoms with E-state index >= 15 is 0 Å². The number of aliphatic hydroxyl groups is 1. The number of sulfonamides is 1. The second-order valence-electron chi connectivity index (χ2n) is 5.76. The lowest BCUT2D eigenvalue weighted by atomic mass is 10.1. The Labute approximate surface area is 141 Å². The van der Waals surface area contributed by atoms with Gasteiger partial charge in [0.15, 0.2) is 0 Å². The van der Waals surface area contributed by atoms with Crippen LogP contribution in [0.5, 0.6) is 0 Å². The van der Waals surface area contributed by atoms with Gasteiger partial charge in [0, 0.05) is 30.6 Å². The Hall–Kier alpha value is -1.15. The van der Waals surface area contributed by atoms with E-state index in [9.17, 15) is 18.3 Å². The Balaban J connectivity index is 1.98. The van der Waals surface area contributed by atoms with Crippen LogP contribution in [0.4, 0.5) is 0 Å². The highest BCUT2D eigenvalue weighted by Gasteiger charge is 2.29. The summed E-state index contributed by atoms with van der Waals surface area (Å²) in [7, 11) is -2.38. The van der Waals surface area contributed by atoms with Crippen LogP contribution < -0.4 is 5.32 Å². The van der Waals surface area contributed by atoms with Gasteiger partial charge in [-0.1, -0.05) is 18.0 Å². The van der Waals surface area contributed by atoms with Crippen molar-refractivity contribution in [3.63, 3.8) is 0 Å². The average molecular weight is 361 g/mol. The van der Waals surface area contributed by atoms with E-state index in [-0.39, 0.29) is 35.9 Å². The van der Waals surface area contributed by atoms with Crippen LogP contribution in [0.25, 0.3) is 0 Å². The summed E-state index contributed by atoms with van der Waals surface area (Å²) in [5.41, 5.74) is 0. The summed E-state index contributed by atoms with van der Waals surface area (Å²) in [5, 5.41) is 12.5. The van der Waals surface area contributed by atoms with Crippen molar-refractivity contribution < 1.29 is 18.3 Å². The Morgan fingerprint density at radius 3 is 2.61 bits per heavy atom. The second kappa shape index (κ2) is 7.61. The molecule has 1 aliphatic carbocycles. The van der Waals surface area contributed by atoms with Crippen molar-refractivity contribution >= 4 is 27.5 Å². The highest BCUT2D eigenvalue weighted by molar-refractivity contribution is 7.89. The van der Waals surface area contributed by atoms with Crippen LogP contribution in [0, 0.1) is 5.92 Å². The van der Waals surface area contributed by atoms with E-state index in [1.165, 1.54) is 31.3 Å². The minimum Gasteiger partial charge on any atom is -0.396 e. The van der Waals surface area contributed by atoms with E-state index in [0.29, 0.717) is 5.02 Å². The maximum Gasteiger partial charge on any atom is 0.243 e. The highest BCUT2D eigenvalue weighted by Crippen LogP contribution is 2.25. The minimum absolute atomic E-state index is 0.0316. The van der Waals surface area contributed by atoms with Gasteiger partial charge in [-0.15, -0.1) is 0 Å². The summed E-state index contributed by atoms with van der Waals surface area (Å²) in [6, 6.07) is 5.72. The van der Waals surface area contributed by atoms with E-state index in [2.05, 4.69) is 5.32 Å². The first-order valence-electron chi connectivity index (χ1n) is 7.46. The van der Waals surface area contributed by atoms with Crippen LogP contribution in [-0.2, 0) is 14.8 Å². The van der Waals surface area contributed by atoms with Gasteiger partial charge in [-0.3, -0.25) is 4.79 Å². The largest absolute Gasteiger partial charge is 0.396 e. The SMILES string of the molecule is CN(CC(=O)N[C@H]1CCC[C@@H]1CO)S(=O)(=O)c1ccc(Cl)cc1. The maximum absolute atomic E-state index is 12.4. The Kier molecular flexibility index (Phi) is 6.02. The van der Waals surface area contributed by atoms with Crippen molar-refractivity contribution in [1.82, 2.24) is 9.62 Å². The molecule has 0 aliphatic heterocycles. The Bertz CT molecular complexity index is 648. The van der Waals surface area contributed by atoms with Crippen LogP contribution in [0.3, 0.4) is 0 Å². The lowest BCUT2D eigenvalue weighted by molar-refractivity contribution is -0.122. The van der Waals surface area contributed by atoms with E-state index in [4.69, 9.17) is 11.6 Å². The maximum atomic E-state index is 12.4. The molecule has 1 aromatic rings. The zero-order valence-electron chi connectivity index (χ0n) is 12.9. The van der Waals surface area contributed by atoms with E-state index < -0.39 is 10.0 Å². The van der Waals surface area contributed by atoms with Crippen LogP contribution in [0.1, 0.15) is 19.3 Å². The van der Waals surface area contributed by atoms with E-state index in [1.807, 2.05) is 0 Å². The molecule has 0 heterocycles. The molecule has 0 radical (unpaired) electrons. The van der Waals surface area contributed by atoms with Gasteiger partial charge >= 0.3 is 0 Å². The molecular weight excluding hydrogens is 340 g/mol. The lowest BCUT2D eigenvalue weighted by Gasteiger charge is -2.21. The molecule has 1 amide bonds. The quantitative estimate of drug-likeness (QED) is 0.799. The number of hydrogen-bond acceptors (Lipinski definition) is 4. The number of halogens is 1. The average Bonchev–Trinajstić information content (AvgIpc) is 2.94. The molecule has 1 fully saturated rings. The third-order valence-electron chi connectivity index (χ3n) is 4.13. The fraction of sp³-hybridized carbons (Fsp3) is 0.533. The first-order chi connectivity index (χ1) is 10.8. The predicted octanol–water partition coefficient (Wildman–Crippen LogP) is 1.24. The number of carbonyl (C=O) groups is 1. The van der Waals surface area contributed by atoms with Gasteiger partial charge in [0.25, 0.3) is 0 Å². The Morgan fingerprint density at radius 2 is 2.00 bits per heavy atom. The Morgan fingerprint density at radius 1 is 1.35 bits per heavy atom. The molecule has 0 spiro atoms. The van der Waals surface area contributed by atoms with Gasteiger partial charge < -0.3 is 10.4 Å². The molecule has 128 valence electrons. The first-order valence-corrected chi connectivity index (χ1v) is 9.28.